The summed E-state index contributed by atoms with van der Waals surface area (Å²) in [4.78, 5) is 23.4. The van der Waals surface area contributed by atoms with Crippen LogP contribution in [0.15, 0.2) is 34.9 Å². The molecule has 0 aromatic carbocycles. The molecule has 1 heterocycles. The van der Waals surface area contributed by atoms with Gasteiger partial charge >= 0.3 is 11.9 Å². The topological polar surface area (TPSA) is 52.6 Å². The molecule has 0 spiro atoms. The van der Waals surface area contributed by atoms with Crippen LogP contribution in [0.4, 0.5) is 0 Å². The quantitative estimate of drug-likeness (QED) is 0.423. The maximum Gasteiger partial charge on any atom is 0.334 e. The summed E-state index contributed by atoms with van der Waals surface area (Å²) in [5.41, 5.74) is 4.20. The van der Waals surface area contributed by atoms with Crippen molar-refractivity contribution in [3.8, 4) is 0 Å². The third-order valence-corrected chi connectivity index (χ3v) is 4.87. The monoisotopic (exact) mass is 288 g/mol. The molecule has 0 aromatic heterocycles. The molecule has 1 fully saturated rings. The Hall–Kier alpha value is -1.84. The zero-order valence-electron chi connectivity index (χ0n) is 12.6. The van der Waals surface area contributed by atoms with Gasteiger partial charge in [-0.15, -0.1) is 0 Å². The second kappa shape index (κ2) is 4.86. The number of carbonyl (C=O) groups is 2. The molecule has 4 heteroatoms. The van der Waals surface area contributed by atoms with Crippen LogP contribution in [0, 0.1) is 11.8 Å². The van der Waals surface area contributed by atoms with Gasteiger partial charge in [0.25, 0.3) is 0 Å². The summed E-state index contributed by atoms with van der Waals surface area (Å²) in [5, 5.41) is 0. The van der Waals surface area contributed by atoms with Gasteiger partial charge in [0.2, 0.25) is 0 Å². The third kappa shape index (κ3) is 2.13. The lowest BCUT2D eigenvalue weighted by atomic mass is 9.82. The lowest BCUT2D eigenvalue weighted by Crippen LogP contribution is -2.35. The van der Waals surface area contributed by atoms with Crippen LogP contribution in [-0.4, -0.2) is 24.1 Å². The molecule has 112 valence electrons. The molecule has 0 N–H and O–H groups in total. The zero-order chi connectivity index (χ0) is 15.3. The van der Waals surface area contributed by atoms with Crippen molar-refractivity contribution in [1.82, 2.24) is 0 Å². The van der Waals surface area contributed by atoms with Gasteiger partial charge in [-0.3, -0.25) is 4.79 Å². The van der Waals surface area contributed by atoms with Crippen LogP contribution in [0.3, 0.4) is 0 Å². The maximum absolute atomic E-state index is 12.0. The first-order valence-corrected chi connectivity index (χ1v) is 7.32. The van der Waals surface area contributed by atoms with E-state index >= 15 is 0 Å². The van der Waals surface area contributed by atoms with Crippen molar-refractivity contribution in [3.05, 3.63) is 34.9 Å². The molecular formula is C17H20O4. The predicted molar refractivity (Wildman–Crippen MR) is 77.2 cm³/mol. The Morgan fingerprint density at radius 3 is 2.81 bits per heavy atom. The molecule has 4 nitrogen and oxygen atoms in total. The molecule has 0 aromatic rings. The van der Waals surface area contributed by atoms with E-state index in [0.29, 0.717) is 12.0 Å². The van der Waals surface area contributed by atoms with Gasteiger partial charge in [0, 0.05) is 24.8 Å². The fourth-order valence-electron chi connectivity index (χ4n) is 3.90. The van der Waals surface area contributed by atoms with Crippen molar-refractivity contribution < 1.29 is 19.1 Å². The van der Waals surface area contributed by atoms with Gasteiger partial charge < -0.3 is 9.47 Å². The molecule has 4 unspecified atom stereocenters. The minimum atomic E-state index is -0.364. The lowest BCUT2D eigenvalue weighted by molar-refractivity contribution is -0.150. The fourth-order valence-corrected chi connectivity index (χ4v) is 3.90. The van der Waals surface area contributed by atoms with Crippen molar-refractivity contribution in [2.75, 3.05) is 0 Å². The minimum Gasteiger partial charge on any atom is -0.461 e. The van der Waals surface area contributed by atoms with Crippen LogP contribution in [0.1, 0.15) is 33.6 Å². The van der Waals surface area contributed by atoms with Crippen LogP contribution in [0.2, 0.25) is 0 Å². The molecule has 3 rings (SSSR count). The first-order chi connectivity index (χ1) is 9.90. The summed E-state index contributed by atoms with van der Waals surface area (Å²) in [7, 11) is 0. The maximum atomic E-state index is 12.0. The van der Waals surface area contributed by atoms with Crippen LogP contribution in [-0.2, 0) is 19.1 Å². The van der Waals surface area contributed by atoms with Gasteiger partial charge in [-0.05, 0) is 20.3 Å². The average Bonchev–Trinajstić information content (AvgIpc) is 2.86. The average molecular weight is 288 g/mol. The highest BCUT2D eigenvalue weighted by Crippen LogP contribution is 2.48. The molecule has 21 heavy (non-hydrogen) atoms. The summed E-state index contributed by atoms with van der Waals surface area (Å²) in [6.07, 6.45) is 3.07. The number of fused-ring (bicyclic) bond motifs is 3. The van der Waals surface area contributed by atoms with E-state index in [-0.39, 0.29) is 36.0 Å². The highest BCUT2D eigenvalue weighted by Gasteiger charge is 2.52. The Bertz CT molecular complexity index is 596. The van der Waals surface area contributed by atoms with Crippen LogP contribution in [0.5, 0.6) is 0 Å². The number of carbonyl (C=O) groups excluding carboxylic acids is 2. The van der Waals surface area contributed by atoms with E-state index in [1.54, 1.807) is 0 Å². The number of hydrogen-bond donors (Lipinski definition) is 0. The molecule has 2 aliphatic carbocycles. The van der Waals surface area contributed by atoms with Crippen LogP contribution >= 0.6 is 0 Å². The van der Waals surface area contributed by atoms with Gasteiger partial charge in [0.15, 0.2) is 0 Å². The van der Waals surface area contributed by atoms with Gasteiger partial charge in [-0.1, -0.05) is 29.4 Å². The van der Waals surface area contributed by atoms with Gasteiger partial charge in [-0.2, -0.15) is 0 Å². The Morgan fingerprint density at radius 2 is 2.14 bits per heavy atom. The largest absolute Gasteiger partial charge is 0.461 e. The normalized spacial score (nSPS) is 34.9. The molecule has 3 aliphatic rings. The number of ether oxygens (including phenoxy) is 2. The second-order valence-electron chi connectivity index (χ2n) is 6.21. The summed E-state index contributed by atoms with van der Waals surface area (Å²) in [6, 6.07) is 0. The molecule has 4 atom stereocenters. The molecule has 0 amide bonds. The number of esters is 2. The first kappa shape index (κ1) is 14.1. The first-order valence-electron chi connectivity index (χ1n) is 7.32. The Morgan fingerprint density at radius 1 is 1.43 bits per heavy atom. The molecular weight excluding hydrogens is 268 g/mol. The van der Waals surface area contributed by atoms with E-state index < -0.39 is 0 Å². The van der Waals surface area contributed by atoms with Gasteiger partial charge in [0.1, 0.15) is 12.2 Å². The van der Waals surface area contributed by atoms with E-state index in [1.807, 2.05) is 0 Å². The number of hydrogen-bond acceptors (Lipinski definition) is 4. The third-order valence-electron chi connectivity index (χ3n) is 4.87. The second-order valence-corrected chi connectivity index (χ2v) is 6.21. The molecule has 0 radical (unpaired) electrons. The van der Waals surface area contributed by atoms with Crippen molar-refractivity contribution in [3.63, 3.8) is 0 Å². The Balaban J connectivity index is 2.05. The van der Waals surface area contributed by atoms with E-state index in [0.717, 1.165) is 6.42 Å². The van der Waals surface area contributed by atoms with Crippen molar-refractivity contribution in [1.29, 1.82) is 0 Å². The highest BCUT2D eigenvalue weighted by molar-refractivity contribution is 5.91. The standard InChI is InChI=1S/C17H20O4/c1-8-5-6-12-9(2)7-13(20-11(4)18)15-10(3)17(19)21-16(15)14(8)12/h5,13-16H,3,6-7H2,1-2,4H3. The van der Waals surface area contributed by atoms with E-state index in [9.17, 15) is 9.59 Å². The van der Waals surface area contributed by atoms with Crippen molar-refractivity contribution in [2.45, 2.75) is 45.8 Å². The number of rotatable bonds is 1. The summed E-state index contributed by atoms with van der Waals surface area (Å²) in [5.74, 6) is -0.831. The van der Waals surface area contributed by atoms with Gasteiger partial charge in [0.05, 0.1) is 5.92 Å². The van der Waals surface area contributed by atoms with E-state index in [4.69, 9.17) is 9.47 Å². The summed E-state index contributed by atoms with van der Waals surface area (Å²) in [6.45, 7) is 9.43. The molecule has 1 aliphatic heterocycles. The minimum absolute atomic E-state index is 0.110. The highest BCUT2D eigenvalue weighted by atomic mass is 16.6. The zero-order valence-corrected chi connectivity index (χ0v) is 12.6. The summed E-state index contributed by atoms with van der Waals surface area (Å²) >= 11 is 0. The van der Waals surface area contributed by atoms with Crippen molar-refractivity contribution in [2.24, 2.45) is 11.8 Å². The number of allylic oxidation sites excluding steroid dienone is 1. The molecule has 0 saturated carbocycles. The lowest BCUT2D eigenvalue weighted by Gasteiger charge is -2.27. The Labute approximate surface area is 124 Å². The molecule has 0 bridgehead atoms. The van der Waals surface area contributed by atoms with E-state index in [2.05, 4.69) is 26.5 Å². The van der Waals surface area contributed by atoms with E-state index in [1.165, 1.54) is 23.6 Å². The molecule has 1 saturated heterocycles. The Kier molecular flexibility index (Phi) is 3.27. The van der Waals surface area contributed by atoms with Gasteiger partial charge in [-0.25, -0.2) is 4.79 Å². The van der Waals surface area contributed by atoms with Crippen molar-refractivity contribution >= 4 is 11.9 Å². The SMILES string of the molecule is C=C1C(=O)OC2C3C(C)=CCC3=C(C)CC(OC(C)=O)C12. The predicted octanol–water partition coefficient (Wildman–Crippen LogP) is 2.70. The summed E-state index contributed by atoms with van der Waals surface area (Å²) < 4.78 is 11.1. The van der Waals surface area contributed by atoms with Crippen LogP contribution in [0.25, 0.3) is 0 Å². The smallest absolute Gasteiger partial charge is 0.334 e. The van der Waals surface area contributed by atoms with Crippen LogP contribution < -0.4 is 0 Å². The fraction of sp³-hybridized carbons (Fsp3) is 0.529.